The molecular weight excluding hydrogens is 248 g/mol. The molecule has 1 amide bonds. The Hall–Kier alpha value is -2.18. The summed E-state index contributed by atoms with van der Waals surface area (Å²) in [6.45, 7) is 0.252. The first-order valence-electron chi connectivity index (χ1n) is 6.08. The molecule has 1 aliphatic carbocycles. The fourth-order valence-corrected chi connectivity index (χ4v) is 2.14. The van der Waals surface area contributed by atoms with Crippen molar-refractivity contribution in [3.8, 4) is 0 Å². The van der Waals surface area contributed by atoms with Crippen LogP contribution in [0.4, 0.5) is 0 Å². The quantitative estimate of drug-likeness (QED) is 0.752. The summed E-state index contributed by atoms with van der Waals surface area (Å²) in [6, 6.07) is 0. The van der Waals surface area contributed by atoms with E-state index in [-0.39, 0.29) is 12.5 Å². The SMILES string of the molecule is Cn1cnnc1CNC(=O)C1CC=CCC1C(=O)O. The Morgan fingerprint density at radius 3 is 2.68 bits per heavy atom. The molecular formula is C12H16N4O3. The molecule has 2 N–H and O–H groups in total. The number of hydrogen-bond donors (Lipinski definition) is 2. The lowest BCUT2D eigenvalue weighted by atomic mass is 9.82. The summed E-state index contributed by atoms with van der Waals surface area (Å²) in [5.74, 6) is -1.71. The number of aliphatic carboxylic acids is 1. The third-order valence-corrected chi connectivity index (χ3v) is 3.31. The number of carboxylic acid groups (broad SMARTS) is 1. The van der Waals surface area contributed by atoms with Crippen LogP contribution in [0.5, 0.6) is 0 Å². The standard InChI is InChI=1S/C12H16N4O3/c1-16-7-14-15-10(16)6-13-11(17)8-4-2-3-5-9(8)12(18)19/h2-3,7-9H,4-6H2,1H3,(H,13,17)(H,18,19). The minimum Gasteiger partial charge on any atom is -0.481 e. The van der Waals surface area contributed by atoms with E-state index in [1.54, 1.807) is 17.9 Å². The zero-order valence-electron chi connectivity index (χ0n) is 10.6. The van der Waals surface area contributed by atoms with E-state index in [0.29, 0.717) is 18.7 Å². The molecule has 102 valence electrons. The van der Waals surface area contributed by atoms with Crippen molar-refractivity contribution in [2.45, 2.75) is 19.4 Å². The molecule has 2 unspecified atom stereocenters. The molecule has 2 atom stereocenters. The fraction of sp³-hybridized carbons (Fsp3) is 0.500. The number of carbonyl (C=O) groups excluding carboxylic acids is 1. The number of allylic oxidation sites excluding steroid dienone is 2. The van der Waals surface area contributed by atoms with Gasteiger partial charge in [0.1, 0.15) is 6.33 Å². The number of nitrogens with one attached hydrogen (secondary N) is 1. The van der Waals surface area contributed by atoms with Gasteiger partial charge in [0.05, 0.1) is 18.4 Å². The average Bonchev–Trinajstić information content (AvgIpc) is 2.81. The van der Waals surface area contributed by atoms with Crippen molar-refractivity contribution >= 4 is 11.9 Å². The topological polar surface area (TPSA) is 97.1 Å². The van der Waals surface area contributed by atoms with Gasteiger partial charge in [0.2, 0.25) is 5.91 Å². The number of hydrogen-bond acceptors (Lipinski definition) is 4. The first-order valence-corrected chi connectivity index (χ1v) is 6.08. The van der Waals surface area contributed by atoms with Crippen molar-refractivity contribution < 1.29 is 14.7 Å². The van der Waals surface area contributed by atoms with Crippen LogP contribution < -0.4 is 5.32 Å². The van der Waals surface area contributed by atoms with Gasteiger partial charge in [-0.1, -0.05) is 12.2 Å². The predicted octanol–water partition coefficient (Wildman–Crippen LogP) is 0.0983. The highest BCUT2D eigenvalue weighted by Crippen LogP contribution is 2.26. The van der Waals surface area contributed by atoms with E-state index in [2.05, 4.69) is 15.5 Å². The molecule has 0 radical (unpaired) electrons. The van der Waals surface area contributed by atoms with Crippen LogP contribution in [0.15, 0.2) is 18.5 Å². The van der Waals surface area contributed by atoms with Gasteiger partial charge >= 0.3 is 5.97 Å². The summed E-state index contributed by atoms with van der Waals surface area (Å²) in [4.78, 5) is 23.2. The first kappa shape index (κ1) is 13.3. The molecule has 7 nitrogen and oxygen atoms in total. The maximum Gasteiger partial charge on any atom is 0.307 e. The van der Waals surface area contributed by atoms with Crippen LogP contribution in [0.25, 0.3) is 0 Å². The van der Waals surface area contributed by atoms with Crippen molar-refractivity contribution in [3.05, 3.63) is 24.3 Å². The Morgan fingerprint density at radius 2 is 2.11 bits per heavy atom. The lowest BCUT2D eigenvalue weighted by Crippen LogP contribution is -2.38. The molecule has 0 aromatic carbocycles. The minimum atomic E-state index is -0.928. The average molecular weight is 264 g/mol. The van der Waals surface area contributed by atoms with Gasteiger partial charge in [-0.2, -0.15) is 0 Å². The summed E-state index contributed by atoms with van der Waals surface area (Å²) < 4.78 is 1.70. The summed E-state index contributed by atoms with van der Waals surface area (Å²) in [6.07, 6.45) is 6.07. The van der Waals surface area contributed by atoms with Gasteiger partial charge in [0.15, 0.2) is 5.82 Å². The number of carboxylic acids is 1. The molecule has 0 saturated carbocycles. The normalized spacial score (nSPS) is 22.2. The molecule has 7 heteroatoms. The Balaban J connectivity index is 1.97. The van der Waals surface area contributed by atoms with Gasteiger partial charge in [-0.05, 0) is 12.8 Å². The van der Waals surface area contributed by atoms with E-state index >= 15 is 0 Å². The van der Waals surface area contributed by atoms with E-state index < -0.39 is 17.8 Å². The van der Waals surface area contributed by atoms with Crippen LogP contribution in [0.1, 0.15) is 18.7 Å². The molecule has 1 aliphatic rings. The van der Waals surface area contributed by atoms with Gasteiger partial charge in [-0.15, -0.1) is 10.2 Å². The van der Waals surface area contributed by atoms with Crippen molar-refractivity contribution in [1.82, 2.24) is 20.1 Å². The van der Waals surface area contributed by atoms with Gasteiger partial charge in [0, 0.05) is 7.05 Å². The van der Waals surface area contributed by atoms with Gasteiger partial charge in [0.25, 0.3) is 0 Å². The summed E-state index contributed by atoms with van der Waals surface area (Å²) in [7, 11) is 1.78. The van der Waals surface area contributed by atoms with Gasteiger partial charge in [-0.25, -0.2) is 0 Å². The Kier molecular flexibility index (Phi) is 3.94. The summed E-state index contributed by atoms with van der Waals surface area (Å²) >= 11 is 0. The van der Waals surface area contributed by atoms with Crippen LogP contribution in [-0.4, -0.2) is 31.7 Å². The highest BCUT2D eigenvalue weighted by atomic mass is 16.4. The third-order valence-electron chi connectivity index (χ3n) is 3.31. The van der Waals surface area contributed by atoms with Crippen molar-refractivity contribution in [1.29, 1.82) is 0 Å². The molecule has 0 aliphatic heterocycles. The highest BCUT2D eigenvalue weighted by molar-refractivity contribution is 5.85. The zero-order valence-corrected chi connectivity index (χ0v) is 10.6. The predicted molar refractivity (Wildman–Crippen MR) is 65.8 cm³/mol. The molecule has 0 fully saturated rings. The maximum absolute atomic E-state index is 12.1. The Labute approximate surface area is 110 Å². The van der Waals surface area contributed by atoms with E-state index in [4.69, 9.17) is 5.11 Å². The maximum atomic E-state index is 12.1. The second kappa shape index (κ2) is 5.64. The monoisotopic (exact) mass is 264 g/mol. The van der Waals surface area contributed by atoms with E-state index in [1.807, 2.05) is 12.2 Å². The van der Waals surface area contributed by atoms with Crippen molar-refractivity contribution in [3.63, 3.8) is 0 Å². The molecule has 0 bridgehead atoms. The molecule has 19 heavy (non-hydrogen) atoms. The number of nitrogens with zero attached hydrogens (tertiary/aromatic N) is 3. The molecule has 1 aromatic heterocycles. The molecule has 2 rings (SSSR count). The Morgan fingerprint density at radius 1 is 1.42 bits per heavy atom. The van der Waals surface area contributed by atoms with Crippen LogP contribution >= 0.6 is 0 Å². The summed E-state index contributed by atoms with van der Waals surface area (Å²) in [5, 5.41) is 19.4. The number of aromatic nitrogens is 3. The molecule has 0 spiro atoms. The van der Waals surface area contributed by atoms with Crippen molar-refractivity contribution in [2.24, 2.45) is 18.9 Å². The zero-order chi connectivity index (χ0) is 13.8. The fourth-order valence-electron chi connectivity index (χ4n) is 2.14. The van der Waals surface area contributed by atoms with E-state index in [0.717, 1.165) is 0 Å². The van der Waals surface area contributed by atoms with Gasteiger partial charge in [-0.3, -0.25) is 9.59 Å². The summed E-state index contributed by atoms with van der Waals surface area (Å²) in [5.41, 5.74) is 0. The molecule has 1 aromatic rings. The smallest absolute Gasteiger partial charge is 0.307 e. The van der Waals surface area contributed by atoms with Crippen LogP contribution in [0, 0.1) is 11.8 Å². The van der Waals surface area contributed by atoms with Crippen LogP contribution in [0.2, 0.25) is 0 Å². The largest absolute Gasteiger partial charge is 0.481 e. The third kappa shape index (κ3) is 2.98. The number of aryl methyl sites for hydroxylation is 1. The van der Waals surface area contributed by atoms with E-state index in [1.165, 1.54) is 0 Å². The Bertz CT molecular complexity index is 509. The van der Waals surface area contributed by atoms with Crippen molar-refractivity contribution in [2.75, 3.05) is 0 Å². The molecule has 0 saturated heterocycles. The second-order valence-electron chi connectivity index (χ2n) is 4.57. The number of amides is 1. The van der Waals surface area contributed by atoms with Gasteiger partial charge < -0.3 is 15.0 Å². The first-order chi connectivity index (χ1) is 9.09. The second-order valence-corrected chi connectivity index (χ2v) is 4.57. The highest BCUT2D eigenvalue weighted by Gasteiger charge is 2.33. The molecule has 1 heterocycles. The van der Waals surface area contributed by atoms with Crippen LogP contribution in [0.3, 0.4) is 0 Å². The lowest BCUT2D eigenvalue weighted by molar-refractivity contribution is -0.147. The lowest BCUT2D eigenvalue weighted by Gasteiger charge is -2.24. The van der Waals surface area contributed by atoms with Crippen LogP contribution in [-0.2, 0) is 23.2 Å². The van der Waals surface area contributed by atoms with E-state index in [9.17, 15) is 9.59 Å². The minimum absolute atomic E-state index is 0.250. The number of carbonyl (C=O) groups is 2. The number of rotatable bonds is 4.